The van der Waals surface area contributed by atoms with E-state index in [1.54, 1.807) is 31.2 Å². The second-order valence-corrected chi connectivity index (χ2v) is 12.6. The molecule has 3 aromatic carbocycles. The van der Waals surface area contributed by atoms with Crippen LogP contribution in [0.2, 0.25) is 0 Å². The Bertz CT molecular complexity index is 1460. The van der Waals surface area contributed by atoms with Crippen molar-refractivity contribution in [3.63, 3.8) is 0 Å². The first-order chi connectivity index (χ1) is 20.0. The van der Waals surface area contributed by atoms with E-state index in [0.29, 0.717) is 18.0 Å². The van der Waals surface area contributed by atoms with Crippen LogP contribution < -0.4 is 19.1 Å². The van der Waals surface area contributed by atoms with E-state index in [-0.39, 0.29) is 23.0 Å². The van der Waals surface area contributed by atoms with Crippen molar-refractivity contribution in [2.24, 2.45) is 0 Å². The van der Waals surface area contributed by atoms with E-state index >= 15 is 0 Å². The van der Waals surface area contributed by atoms with Gasteiger partial charge in [-0.15, -0.1) is 0 Å². The van der Waals surface area contributed by atoms with Gasteiger partial charge in [-0.2, -0.15) is 0 Å². The Hall–Kier alpha value is -3.57. The topological polar surface area (TPSA) is 105 Å². The van der Waals surface area contributed by atoms with Gasteiger partial charge in [0.25, 0.3) is 10.0 Å². The molecule has 0 saturated carbocycles. The van der Waals surface area contributed by atoms with Crippen LogP contribution in [0.15, 0.2) is 76.1 Å². The van der Waals surface area contributed by atoms with Gasteiger partial charge in [0.05, 0.1) is 24.8 Å². The van der Waals surface area contributed by atoms with E-state index < -0.39 is 28.5 Å². The molecule has 0 heterocycles. The summed E-state index contributed by atoms with van der Waals surface area (Å²) in [5, 5.41) is 2.89. The summed E-state index contributed by atoms with van der Waals surface area (Å²) in [5.74, 6) is -0.133. The quantitative estimate of drug-likeness (QED) is 0.235. The van der Waals surface area contributed by atoms with Crippen LogP contribution in [-0.4, -0.2) is 58.5 Å². The van der Waals surface area contributed by atoms with E-state index in [1.807, 2.05) is 38.1 Å². The molecule has 0 aliphatic carbocycles. The van der Waals surface area contributed by atoms with Gasteiger partial charge in [0, 0.05) is 23.6 Å². The zero-order chi connectivity index (χ0) is 30.9. The van der Waals surface area contributed by atoms with Crippen LogP contribution in [0.5, 0.6) is 11.5 Å². The molecule has 0 aliphatic heterocycles. The standard InChI is InChI=1S/C31H38BrN3O6S/c1-6-7-18-33-31(37)23(3)34(20-24-10-12-25(32)13-11-24)30(36)21-35(26-14-17-28(40-4)29(19-26)41-5)42(38,39)27-15-8-22(2)9-16-27/h8-17,19,23H,6-7,18,20-21H2,1-5H3,(H,33,37). The normalized spacial score (nSPS) is 11.9. The lowest BCUT2D eigenvalue weighted by atomic mass is 10.1. The van der Waals surface area contributed by atoms with Crippen molar-refractivity contribution in [2.45, 2.75) is 51.1 Å². The molecular formula is C31H38BrN3O6S. The van der Waals surface area contributed by atoms with Crippen LogP contribution in [0, 0.1) is 6.92 Å². The van der Waals surface area contributed by atoms with E-state index in [2.05, 4.69) is 21.2 Å². The van der Waals surface area contributed by atoms with Gasteiger partial charge in [-0.1, -0.05) is 59.1 Å². The Morgan fingerprint density at radius 1 is 0.952 bits per heavy atom. The molecule has 0 aromatic heterocycles. The fraction of sp³-hybridized carbons (Fsp3) is 0.355. The zero-order valence-electron chi connectivity index (χ0n) is 24.6. The number of carbonyl (C=O) groups excluding carboxylic acids is 2. The Kier molecular flexibility index (Phi) is 11.8. The molecule has 1 atom stereocenters. The van der Waals surface area contributed by atoms with E-state index in [1.165, 1.54) is 37.3 Å². The summed E-state index contributed by atoms with van der Waals surface area (Å²) in [6.07, 6.45) is 1.72. The summed E-state index contributed by atoms with van der Waals surface area (Å²) in [5.41, 5.74) is 1.90. The third-order valence-corrected chi connectivity index (χ3v) is 9.12. The molecule has 3 rings (SSSR count). The van der Waals surface area contributed by atoms with Crippen molar-refractivity contribution in [3.05, 3.63) is 82.3 Å². The summed E-state index contributed by atoms with van der Waals surface area (Å²) in [6, 6.07) is 17.6. The van der Waals surface area contributed by atoms with Gasteiger partial charge in [-0.25, -0.2) is 8.42 Å². The number of anilines is 1. The maximum atomic E-state index is 14.1. The molecule has 0 fully saturated rings. The molecule has 9 nitrogen and oxygen atoms in total. The highest BCUT2D eigenvalue weighted by atomic mass is 79.9. The summed E-state index contributed by atoms with van der Waals surface area (Å²) in [4.78, 5) is 28.6. The molecule has 1 N–H and O–H groups in total. The van der Waals surface area contributed by atoms with Gasteiger partial charge in [-0.05, 0) is 62.2 Å². The number of aryl methyl sites for hydroxylation is 1. The number of carbonyl (C=O) groups is 2. The number of halogens is 1. The first-order valence-corrected chi connectivity index (χ1v) is 15.9. The maximum Gasteiger partial charge on any atom is 0.264 e. The number of sulfonamides is 1. The van der Waals surface area contributed by atoms with Crippen LogP contribution in [-0.2, 0) is 26.2 Å². The van der Waals surface area contributed by atoms with Gasteiger partial charge in [0.15, 0.2) is 11.5 Å². The monoisotopic (exact) mass is 659 g/mol. The van der Waals surface area contributed by atoms with Crippen molar-refractivity contribution in [3.8, 4) is 11.5 Å². The van der Waals surface area contributed by atoms with Crippen molar-refractivity contribution >= 4 is 43.5 Å². The van der Waals surface area contributed by atoms with Crippen LogP contribution in [0.25, 0.3) is 0 Å². The molecule has 1 unspecified atom stereocenters. The van der Waals surface area contributed by atoms with E-state index in [9.17, 15) is 18.0 Å². The Morgan fingerprint density at radius 2 is 1.60 bits per heavy atom. The fourth-order valence-corrected chi connectivity index (χ4v) is 5.92. The van der Waals surface area contributed by atoms with Crippen molar-refractivity contribution in [2.75, 3.05) is 31.6 Å². The molecule has 2 amide bonds. The van der Waals surface area contributed by atoms with Gasteiger partial charge in [0.2, 0.25) is 11.8 Å². The number of rotatable bonds is 14. The smallest absolute Gasteiger partial charge is 0.264 e. The van der Waals surface area contributed by atoms with Crippen LogP contribution in [0.1, 0.15) is 37.8 Å². The molecule has 11 heteroatoms. The molecule has 42 heavy (non-hydrogen) atoms. The SMILES string of the molecule is CCCCNC(=O)C(C)N(Cc1ccc(Br)cc1)C(=O)CN(c1ccc(OC)c(OC)c1)S(=O)(=O)c1ccc(C)cc1. The third kappa shape index (κ3) is 8.25. The Morgan fingerprint density at radius 3 is 2.19 bits per heavy atom. The zero-order valence-corrected chi connectivity index (χ0v) is 27.0. The maximum absolute atomic E-state index is 14.1. The Balaban J connectivity index is 2.05. The largest absolute Gasteiger partial charge is 0.493 e. The second-order valence-electron chi connectivity index (χ2n) is 9.83. The van der Waals surface area contributed by atoms with E-state index in [0.717, 1.165) is 32.7 Å². The molecule has 0 saturated heterocycles. The predicted molar refractivity (Wildman–Crippen MR) is 167 cm³/mol. The number of methoxy groups -OCH3 is 2. The first kappa shape index (κ1) is 32.9. The van der Waals surface area contributed by atoms with Crippen LogP contribution in [0.4, 0.5) is 5.69 Å². The fourth-order valence-electron chi connectivity index (χ4n) is 4.25. The number of nitrogens with one attached hydrogen (secondary N) is 1. The van der Waals surface area contributed by atoms with Crippen molar-refractivity contribution in [1.29, 1.82) is 0 Å². The molecule has 0 aliphatic rings. The second kappa shape index (κ2) is 15.1. The molecule has 0 spiro atoms. The predicted octanol–water partition coefficient (Wildman–Crippen LogP) is 5.30. The number of ether oxygens (including phenoxy) is 2. The van der Waals surface area contributed by atoms with Gasteiger partial charge in [-0.3, -0.25) is 13.9 Å². The minimum atomic E-state index is -4.20. The summed E-state index contributed by atoms with van der Waals surface area (Å²) >= 11 is 3.42. The first-order valence-electron chi connectivity index (χ1n) is 13.6. The number of nitrogens with zero attached hydrogens (tertiary/aromatic N) is 2. The lowest BCUT2D eigenvalue weighted by molar-refractivity contribution is -0.139. The number of benzene rings is 3. The lowest BCUT2D eigenvalue weighted by Crippen LogP contribution is -2.51. The van der Waals surface area contributed by atoms with Crippen LogP contribution >= 0.6 is 15.9 Å². The molecule has 226 valence electrons. The van der Waals surface area contributed by atoms with E-state index in [4.69, 9.17) is 9.47 Å². The average Bonchev–Trinajstić information content (AvgIpc) is 2.98. The number of hydrogen-bond acceptors (Lipinski definition) is 6. The molecular weight excluding hydrogens is 622 g/mol. The number of hydrogen-bond donors (Lipinski definition) is 1. The lowest BCUT2D eigenvalue weighted by Gasteiger charge is -2.32. The van der Waals surface area contributed by atoms with Gasteiger partial charge < -0.3 is 19.7 Å². The summed E-state index contributed by atoms with van der Waals surface area (Å²) < 4.78 is 40.7. The average molecular weight is 661 g/mol. The van der Waals surface area contributed by atoms with Crippen molar-refractivity contribution < 1.29 is 27.5 Å². The van der Waals surface area contributed by atoms with Gasteiger partial charge in [0.1, 0.15) is 12.6 Å². The minimum Gasteiger partial charge on any atom is -0.493 e. The summed E-state index contributed by atoms with van der Waals surface area (Å²) in [7, 11) is -1.27. The third-order valence-electron chi connectivity index (χ3n) is 6.81. The van der Waals surface area contributed by atoms with Crippen molar-refractivity contribution in [1.82, 2.24) is 10.2 Å². The Labute approximate surface area is 257 Å². The highest BCUT2D eigenvalue weighted by Gasteiger charge is 2.33. The number of unbranched alkanes of at least 4 members (excludes halogenated alkanes) is 1. The summed E-state index contributed by atoms with van der Waals surface area (Å²) in [6.45, 7) is 5.58. The molecule has 0 radical (unpaired) electrons. The molecule has 3 aromatic rings. The highest BCUT2D eigenvalue weighted by molar-refractivity contribution is 9.10. The molecule has 0 bridgehead atoms. The highest BCUT2D eigenvalue weighted by Crippen LogP contribution is 2.34. The number of amides is 2. The van der Waals surface area contributed by atoms with Gasteiger partial charge >= 0.3 is 0 Å². The minimum absolute atomic E-state index is 0.0282. The van der Waals surface area contributed by atoms with Crippen LogP contribution in [0.3, 0.4) is 0 Å².